The first-order valence-electron chi connectivity index (χ1n) is 11.3. The molecule has 0 bridgehead atoms. The smallest absolute Gasteiger partial charge is 0.326 e. The summed E-state index contributed by atoms with van der Waals surface area (Å²) >= 11 is 0. The summed E-state index contributed by atoms with van der Waals surface area (Å²) in [5.41, 5.74) is 2.85. The van der Waals surface area contributed by atoms with Crippen LogP contribution in [0.4, 0.5) is 8.78 Å². The van der Waals surface area contributed by atoms with Crippen LogP contribution in [0.2, 0.25) is 0 Å². The molecule has 0 aliphatic carbocycles. The number of fused-ring (bicyclic) bond motifs is 1. The van der Waals surface area contributed by atoms with Crippen LogP contribution in [0.3, 0.4) is 0 Å². The highest BCUT2D eigenvalue weighted by Gasteiger charge is 2.25. The van der Waals surface area contributed by atoms with Gasteiger partial charge in [0.25, 0.3) is 5.91 Å². The topological polar surface area (TPSA) is 88.5 Å². The van der Waals surface area contributed by atoms with Crippen LogP contribution in [0.1, 0.15) is 32.6 Å². The molecule has 0 aliphatic rings. The maximum Gasteiger partial charge on any atom is 0.326 e. The lowest BCUT2D eigenvalue weighted by atomic mass is 9.95. The SMILES string of the molecule is COCc1cc(Cc2cccc(C[C@H](NC(=O)c3c(F)cccc3F)C(=O)O)c2)c2cnccc2c1. The van der Waals surface area contributed by atoms with Crippen LogP contribution in [0.5, 0.6) is 0 Å². The number of nitrogens with zero attached hydrogens (tertiary/aromatic N) is 1. The van der Waals surface area contributed by atoms with Gasteiger partial charge in [0, 0.05) is 31.3 Å². The average molecular weight is 491 g/mol. The van der Waals surface area contributed by atoms with E-state index in [4.69, 9.17) is 4.74 Å². The minimum Gasteiger partial charge on any atom is -0.480 e. The largest absolute Gasteiger partial charge is 0.480 e. The van der Waals surface area contributed by atoms with Crippen molar-refractivity contribution in [2.75, 3.05) is 7.11 Å². The Bertz CT molecular complexity index is 1400. The van der Waals surface area contributed by atoms with Crippen molar-refractivity contribution in [3.8, 4) is 0 Å². The van der Waals surface area contributed by atoms with Gasteiger partial charge in [-0.25, -0.2) is 13.6 Å². The Labute approximate surface area is 206 Å². The van der Waals surface area contributed by atoms with E-state index in [0.717, 1.165) is 45.7 Å². The van der Waals surface area contributed by atoms with Gasteiger partial charge in [-0.15, -0.1) is 0 Å². The van der Waals surface area contributed by atoms with E-state index in [-0.39, 0.29) is 6.42 Å². The second-order valence-corrected chi connectivity index (χ2v) is 8.45. The molecule has 1 heterocycles. The molecule has 3 aromatic carbocycles. The maximum atomic E-state index is 14.0. The van der Waals surface area contributed by atoms with Crippen molar-refractivity contribution in [3.63, 3.8) is 0 Å². The van der Waals surface area contributed by atoms with Crippen LogP contribution in [-0.4, -0.2) is 35.1 Å². The fourth-order valence-corrected chi connectivity index (χ4v) is 4.21. The number of carbonyl (C=O) groups is 2. The van der Waals surface area contributed by atoms with E-state index >= 15 is 0 Å². The van der Waals surface area contributed by atoms with Crippen LogP contribution in [0.25, 0.3) is 10.8 Å². The molecule has 8 heteroatoms. The van der Waals surface area contributed by atoms with Gasteiger partial charge in [0.05, 0.1) is 6.61 Å². The van der Waals surface area contributed by atoms with Gasteiger partial charge >= 0.3 is 5.97 Å². The molecule has 36 heavy (non-hydrogen) atoms. The summed E-state index contributed by atoms with van der Waals surface area (Å²) in [5, 5.41) is 13.9. The fraction of sp³-hybridized carbons (Fsp3) is 0.179. The molecule has 0 radical (unpaired) electrons. The number of carbonyl (C=O) groups excluding carboxylic acids is 1. The van der Waals surface area contributed by atoms with Crippen molar-refractivity contribution in [2.24, 2.45) is 0 Å². The van der Waals surface area contributed by atoms with E-state index < -0.39 is 35.1 Å². The molecule has 1 aromatic heterocycles. The predicted molar refractivity (Wildman–Crippen MR) is 131 cm³/mol. The van der Waals surface area contributed by atoms with Crippen LogP contribution in [-0.2, 0) is 29.0 Å². The Morgan fingerprint density at radius 3 is 2.44 bits per heavy atom. The highest BCUT2D eigenvalue weighted by atomic mass is 19.1. The number of hydrogen-bond donors (Lipinski definition) is 2. The lowest BCUT2D eigenvalue weighted by molar-refractivity contribution is -0.139. The average Bonchev–Trinajstić information content (AvgIpc) is 2.84. The van der Waals surface area contributed by atoms with Crippen molar-refractivity contribution < 1.29 is 28.2 Å². The number of hydrogen-bond acceptors (Lipinski definition) is 4. The van der Waals surface area contributed by atoms with Gasteiger partial charge < -0.3 is 15.2 Å². The quantitative estimate of drug-likeness (QED) is 0.356. The monoisotopic (exact) mass is 490 g/mol. The molecule has 0 saturated carbocycles. The first-order chi connectivity index (χ1) is 17.4. The molecule has 0 fully saturated rings. The van der Waals surface area contributed by atoms with Gasteiger partial charge in [0.15, 0.2) is 0 Å². The minimum absolute atomic E-state index is 0.0585. The van der Waals surface area contributed by atoms with Crippen LogP contribution >= 0.6 is 0 Å². The summed E-state index contributed by atoms with van der Waals surface area (Å²) in [4.78, 5) is 28.5. The van der Waals surface area contributed by atoms with Gasteiger partial charge in [-0.05, 0) is 58.3 Å². The second kappa shape index (κ2) is 11.0. The molecular weight excluding hydrogens is 466 g/mol. The predicted octanol–water partition coefficient (Wildman–Crippen LogP) is 4.68. The molecule has 1 amide bonds. The zero-order valence-corrected chi connectivity index (χ0v) is 19.5. The molecule has 0 spiro atoms. The Hall–Kier alpha value is -4.17. The number of carboxylic acid groups (broad SMARTS) is 1. The van der Waals surface area contributed by atoms with E-state index in [0.29, 0.717) is 18.6 Å². The number of pyridine rings is 1. The number of amides is 1. The third-order valence-corrected chi connectivity index (χ3v) is 5.83. The lowest BCUT2D eigenvalue weighted by Gasteiger charge is -2.16. The number of nitrogens with one attached hydrogen (secondary N) is 1. The van der Waals surface area contributed by atoms with Gasteiger partial charge in [-0.3, -0.25) is 9.78 Å². The van der Waals surface area contributed by atoms with E-state index in [9.17, 15) is 23.5 Å². The molecule has 1 atom stereocenters. The molecular formula is C28H24F2N2O4. The molecule has 4 rings (SSSR count). The molecule has 0 saturated heterocycles. The Balaban J connectivity index is 1.56. The summed E-state index contributed by atoms with van der Waals surface area (Å²) in [6.45, 7) is 0.466. The number of rotatable bonds is 9. The van der Waals surface area contributed by atoms with E-state index in [2.05, 4.69) is 22.4 Å². The van der Waals surface area contributed by atoms with Gasteiger partial charge in [0.2, 0.25) is 0 Å². The first kappa shape index (κ1) is 24.9. The third kappa shape index (κ3) is 5.72. The zero-order chi connectivity index (χ0) is 25.7. The molecule has 2 N–H and O–H groups in total. The summed E-state index contributed by atoms with van der Waals surface area (Å²) in [7, 11) is 1.64. The van der Waals surface area contributed by atoms with Gasteiger partial charge in [0.1, 0.15) is 23.2 Å². The maximum absolute atomic E-state index is 14.0. The van der Waals surface area contributed by atoms with Crippen molar-refractivity contribution in [1.29, 1.82) is 0 Å². The molecule has 0 unspecified atom stereocenters. The number of ether oxygens (including phenoxy) is 1. The van der Waals surface area contributed by atoms with Crippen LogP contribution in [0.15, 0.2) is 73.1 Å². The Kier molecular flexibility index (Phi) is 7.65. The highest BCUT2D eigenvalue weighted by molar-refractivity contribution is 5.97. The van der Waals surface area contributed by atoms with Crippen molar-refractivity contribution in [2.45, 2.75) is 25.5 Å². The summed E-state index contributed by atoms with van der Waals surface area (Å²) in [5.74, 6) is -4.55. The Morgan fingerprint density at radius 1 is 1.00 bits per heavy atom. The zero-order valence-electron chi connectivity index (χ0n) is 19.5. The number of methoxy groups -OCH3 is 1. The van der Waals surface area contributed by atoms with Gasteiger partial charge in [-0.2, -0.15) is 0 Å². The fourth-order valence-electron chi connectivity index (χ4n) is 4.21. The number of carboxylic acids is 1. The molecule has 184 valence electrons. The molecule has 0 aliphatic heterocycles. The Morgan fingerprint density at radius 2 is 1.72 bits per heavy atom. The third-order valence-electron chi connectivity index (χ3n) is 5.83. The summed E-state index contributed by atoms with van der Waals surface area (Å²) < 4.78 is 33.2. The normalized spacial score (nSPS) is 11.9. The summed E-state index contributed by atoms with van der Waals surface area (Å²) in [6, 6.07) is 15.0. The highest BCUT2D eigenvalue weighted by Crippen LogP contribution is 2.24. The van der Waals surface area contributed by atoms with Crippen molar-refractivity contribution in [1.82, 2.24) is 10.3 Å². The summed E-state index contributed by atoms with van der Waals surface area (Å²) in [6.07, 6.45) is 4.05. The number of aliphatic carboxylic acids is 1. The molecule has 4 aromatic rings. The molecule has 6 nitrogen and oxygen atoms in total. The van der Waals surface area contributed by atoms with E-state index in [1.165, 1.54) is 0 Å². The first-order valence-corrected chi connectivity index (χ1v) is 11.3. The van der Waals surface area contributed by atoms with Crippen LogP contribution < -0.4 is 5.32 Å². The minimum atomic E-state index is -1.37. The number of aromatic nitrogens is 1. The number of benzene rings is 3. The van der Waals surface area contributed by atoms with E-state index in [1.54, 1.807) is 25.4 Å². The van der Waals surface area contributed by atoms with E-state index in [1.807, 2.05) is 24.4 Å². The van der Waals surface area contributed by atoms with Crippen molar-refractivity contribution in [3.05, 3.63) is 113 Å². The standard InChI is InChI=1S/C28H24F2N2O4/c1-36-16-19-12-20-8-9-31-15-22(20)21(13-19)11-17-4-2-5-18(10-17)14-25(28(34)35)32-27(33)26-23(29)6-3-7-24(26)30/h2-10,12-13,15,25H,11,14,16H2,1H3,(H,32,33)(H,34,35)/t25-/m0/s1. The van der Waals surface area contributed by atoms with Gasteiger partial charge in [-0.1, -0.05) is 36.4 Å². The van der Waals surface area contributed by atoms with Crippen molar-refractivity contribution >= 4 is 22.6 Å². The van der Waals surface area contributed by atoms with Crippen LogP contribution in [0, 0.1) is 11.6 Å². The lowest BCUT2D eigenvalue weighted by Crippen LogP contribution is -2.43. The second-order valence-electron chi connectivity index (χ2n) is 8.45. The number of halogens is 2.